The van der Waals surface area contributed by atoms with Crippen LogP contribution in [0.5, 0.6) is 0 Å². The minimum atomic E-state index is 0.135. The number of carbonyl (C=O) groups excluding carboxylic acids is 1. The molecule has 22 heavy (non-hydrogen) atoms. The van der Waals surface area contributed by atoms with Gasteiger partial charge in [0.2, 0.25) is 0 Å². The number of rotatable bonds is 3. The van der Waals surface area contributed by atoms with E-state index < -0.39 is 0 Å². The lowest BCUT2D eigenvalue weighted by Gasteiger charge is -2.34. The van der Waals surface area contributed by atoms with Gasteiger partial charge >= 0.3 is 0 Å². The molecule has 0 aliphatic carbocycles. The van der Waals surface area contributed by atoms with Crippen molar-refractivity contribution in [2.24, 2.45) is 0 Å². The minimum Gasteiger partial charge on any atom is -0.336 e. The van der Waals surface area contributed by atoms with Gasteiger partial charge in [-0.05, 0) is 52.9 Å². The van der Waals surface area contributed by atoms with Crippen molar-refractivity contribution < 1.29 is 4.79 Å². The predicted molar refractivity (Wildman–Crippen MR) is 94.6 cm³/mol. The number of piperazine rings is 1. The van der Waals surface area contributed by atoms with Crippen molar-refractivity contribution in [2.75, 3.05) is 26.2 Å². The third-order valence-electron chi connectivity index (χ3n) is 3.84. The van der Waals surface area contributed by atoms with E-state index in [0.29, 0.717) is 0 Å². The molecule has 3 rings (SSSR count). The van der Waals surface area contributed by atoms with E-state index in [4.69, 9.17) is 0 Å². The molecule has 1 fully saturated rings. The van der Waals surface area contributed by atoms with E-state index in [1.165, 1.54) is 0 Å². The Labute approximate surface area is 144 Å². The summed E-state index contributed by atoms with van der Waals surface area (Å²) in [7, 11) is 0. The molecule has 1 amide bonds. The maximum Gasteiger partial charge on any atom is 0.253 e. The van der Waals surface area contributed by atoms with Crippen LogP contribution in [0.4, 0.5) is 0 Å². The molecule has 0 radical (unpaired) electrons. The second-order valence-corrected chi connectivity index (χ2v) is 6.65. The second kappa shape index (κ2) is 7.19. The number of aromatic nitrogens is 1. The molecule has 1 aliphatic heterocycles. The van der Waals surface area contributed by atoms with Gasteiger partial charge in [-0.1, -0.05) is 12.1 Å². The van der Waals surface area contributed by atoms with Gasteiger partial charge in [0.15, 0.2) is 0 Å². The van der Waals surface area contributed by atoms with Crippen LogP contribution in [-0.4, -0.2) is 46.9 Å². The Bertz CT molecular complexity index is 639. The molecule has 1 aliphatic rings. The average Bonchev–Trinajstić information content (AvgIpc) is 2.56. The summed E-state index contributed by atoms with van der Waals surface area (Å²) in [4.78, 5) is 21.2. The number of amides is 1. The smallest absolute Gasteiger partial charge is 0.253 e. The molecule has 5 heteroatoms. The van der Waals surface area contributed by atoms with Crippen molar-refractivity contribution in [1.29, 1.82) is 0 Å². The van der Waals surface area contributed by atoms with Crippen LogP contribution in [0.2, 0.25) is 0 Å². The number of benzene rings is 1. The highest BCUT2D eigenvalue weighted by atomic mass is 127. The Hall–Kier alpha value is -1.47. The lowest BCUT2D eigenvalue weighted by molar-refractivity contribution is 0.0627. The molecule has 1 aromatic heterocycles. The molecule has 0 atom stereocenters. The van der Waals surface area contributed by atoms with Gasteiger partial charge in [-0.3, -0.25) is 14.7 Å². The van der Waals surface area contributed by atoms with E-state index >= 15 is 0 Å². The van der Waals surface area contributed by atoms with E-state index in [-0.39, 0.29) is 5.91 Å². The van der Waals surface area contributed by atoms with Crippen LogP contribution >= 0.6 is 22.6 Å². The average molecular weight is 407 g/mol. The maximum atomic E-state index is 12.5. The number of pyridine rings is 1. The third-order valence-corrected chi connectivity index (χ3v) is 4.51. The zero-order chi connectivity index (χ0) is 15.4. The van der Waals surface area contributed by atoms with Gasteiger partial charge in [0, 0.05) is 48.1 Å². The molecule has 0 N–H and O–H groups in total. The summed E-state index contributed by atoms with van der Waals surface area (Å²) < 4.78 is 1.09. The number of carbonyl (C=O) groups is 1. The summed E-state index contributed by atoms with van der Waals surface area (Å²) >= 11 is 2.24. The fourth-order valence-electron chi connectivity index (χ4n) is 2.63. The first-order valence-corrected chi connectivity index (χ1v) is 8.47. The fraction of sp³-hybridized carbons (Fsp3) is 0.294. The van der Waals surface area contributed by atoms with Crippen molar-refractivity contribution in [1.82, 2.24) is 14.8 Å². The molecule has 0 saturated carbocycles. The molecule has 4 nitrogen and oxygen atoms in total. The minimum absolute atomic E-state index is 0.135. The molecule has 114 valence electrons. The van der Waals surface area contributed by atoms with Gasteiger partial charge in [-0.25, -0.2) is 0 Å². The molecular weight excluding hydrogens is 389 g/mol. The molecule has 1 saturated heterocycles. The van der Waals surface area contributed by atoms with Crippen LogP contribution in [0.1, 0.15) is 16.1 Å². The number of halogens is 1. The molecule has 0 spiro atoms. The van der Waals surface area contributed by atoms with Gasteiger partial charge in [0.1, 0.15) is 0 Å². The van der Waals surface area contributed by atoms with Crippen molar-refractivity contribution in [3.05, 3.63) is 63.5 Å². The fourth-order valence-corrected chi connectivity index (χ4v) is 3.18. The summed E-state index contributed by atoms with van der Waals surface area (Å²) in [6.07, 6.45) is 1.83. The first-order valence-electron chi connectivity index (χ1n) is 7.39. The third kappa shape index (κ3) is 3.84. The molecule has 0 unspecified atom stereocenters. The molecule has 2 aromatic rings. The van der Waals surface area contributed by atoms with E-state index in [2.05, 4.69) is 32.5 Å². The zero-order valence-corrected chi connectivity index (χ0v) is 14.4. The van der Waals surface area contributed by atoms with Crippen LogP contribution in [-0.2, 0) is 6.54 Å². The van der Waals surface area contributed by atoms with Crippen LogP contribution in [0.3, 0.4) is 0 Å². The largest absolute Gasteiger partial charge is 0.336 e. The Balaban J connectivity index is 1.56. The van der Waals surface area contributed by atoms with Crippen LogP contribution in [0.25, 0.3) is 0 Å². The van der Waals surface area contributed by atoms with Crippen LogP contribution < -0.4 is 0 Å². The lowest BCUT2D eigenvalue weighted by Crippen LogP contribution is -2.48. The molecule has 2 heterocycles. The van der Waals surface area contributed by atoms with Gasteiger partial charge in [0.05, 0.1) is 5.69 Å². The number of hydrogen-bond donors (Lipinski definition) is 0. The van der Waals surface area contributed by atoms with E-state index in [9.17, 15) is 4.79 Å². The van der Waals surface area contributed by atoms with Gasteiger partial charge in [0.25, 0.3) is 5.91 Å². The number of nitrogens with zero attached hydrogens (tertiary/aromatic N) is 3. The van der Waals surface area contributed by atoms with Crippen molar-refractivity contribution >= 4 is 28.5 Å². The maximum absolute atomic E-state index is 12.5. The highest BCUT2D eigenvalue weighted by Crippen LogP contribution is 2.13. The monoisotopic (exact) mass is 407 g/mol. The predicted octanol–water partition coefficient (Wildman–Crippen LogP) is 2.64. The SMILES string of the molecule is O=C(c1cccc(I)c1)N1CCN(Cc2ccccn2)CC1. The summed E-state index contributed by atoms with van der Waals surface area (Å²) in [5.74, 6) is 0.135. The molecule has 0 bridgehead atoms. The van der Waals surface area contributed by atoms with Gasteiger partial charge in [-0.15, -0.1) is 0 Å². The quantitative estimate of drug-likeness (QED) is 0.735. The highest BCUT2D eigenvalue weighted by Gasteiger charge is 2.22. The van der Waals surface area contributed by atoms with Gasteiger partial charge < -0.3 is 4.90 Å². The first-order chi connectivity index (χ1) is 10.7. The van der Waals surface area contributed by atoms with E-state index in [1.807, 2.05) is 53.6 Å². The van der Waals surface area contributed by atoms with Crippen molar-refractivity contribution in [3.63, 3.8) is 0 Å². The summed E-state index contributed by atoms with van der Waals surface area (Å²) in [5.41, 5.74) is 1.87. The summed E-state index contributed by atoms with van der Waals surface area (Å²) in [6.45, 7) is 4.19. The van der Waals surface area contributed by atoms with Crippen molar-refractivity contribution in [3.8, 4) is 0 Å². The summed E-state index contributed by atoms with van der Waals surface area (Å²) in [6, 6.07) is 13.8. The highest BCUT2D eigenvalue weighted by molar-refractivity contribution is 14.1. The van der Waals surface area contributed by atoms with Crippen molar-refractivity contribution in [2.45, 2.75) is 6.54 Å². The Kier molecular flexibility index (Phi) is 5.04. The Morgan fingerprint density at radius 2 is 1.91 bits per heavy atom. The Morgan fingerprint density at radius 3 is 2.59 bits per heavy atom. The molecule has 1 aromatic carbocycles. The van der Waals surface area contributed by atoms with E-state index in [0.717, 1.165) is 47.6 Å². The Morgan fingerprint density at radius 1 is 1.09 bits per heavy atom. The van der Waals surface area contributed by atoms with E-state index in [1.54, 1.807) is 0 Å². The topological polar surface area (TPSA) is 36.4 Å². The number of hydrogen-bond acceptors (Lipinski definition) is 3. The van der Waals surface area contributed by atoms with Crippen LogP contribution in [0, 0.1) is 3.57 Å². The summed E-state index contributed by atoms with van der Waals surface area (Å²) in [5, 5.41) is 0. The van der Waals surface area contributed by atoms with Crippen LogP contribution in [0.15, 0.2) is 48.7 Å². The standard InChI is InChI=1S/C17H18IN3O/c18-15-5-3-4-14(12-15)17(22)21-10-8-20(9-11-21)13-16-6-1-2-7-19-16/h1-7,12H,8-11,13H2. The van der Waals surface area contributed by atoms with Gasteiger partial charge in [-0.2, -0.15) is 0 Å². The second-order valence-electron chi connectivity index (χ2n) is 5.40. The zero-order valence-electron chi connectivity index (χ0n) is 12.3. The first kappa shape index (κ1) is 15.4. The molecular formula is C17H18IN3O. The normalized spacial score (nSPS) is 15.8. The lowest BCUT2D eigenvalue weighted by atomic mass is 10.2.